The molecule has 1 atom stereocenters. The Bertz CT molecular complexity index is 1420. The van der Waals surface area contributed by atoms with Gasteiger partial charge >= 0.3 is 5.97 Å². The molecule has 2 aliphatic rings. The van der Waals surface area contributed by atoms with Gasteiger partial charge in [-0.05, 0) is 58.2 Å². The number of benzene rings is 3. The monoisotopic (exact) mass is 593 g/mol. The molecule has 3 aromatic carbocycles. The molecular weight excluding hydrogens is 574 g/mol. The van der Waals surface area contributed by atoms with E-state index in [1.165, 1.54) is 7.11 Å². The molecule has 5 nitrogen and oxygen atoms in total. The van der Waals surface area contributed by atoms with E-state index in [-0.39, 0.29) is 5.78 Å². The number of hydrogen-bond donors (Lipinski definition) is 1. The van der Waals surface area contributed by atoms with Gasteiger partial charge in [0.05, 0.1) is 22.9 Å². The lowest BCUT2D eigenvalue weighted by Gasteiger charge is -2.29. The molecule has 0 spiro atoms. The van der Waals surface area contributed by atoms with Gasteiger partial charge in [0.25, 0.3) is 0 Å². The predicted molar refractivity (Wildman–Crippen MR) is 141 cm³/mol. The van der Waals surface area contributed by atoms with Crippen molar-refractivity contribution in [2.45, 2.75) is 19.4 Å². The molecule has 1 N–H and O–H groups in total. The van der Waals surface area contributed by atoms with Gasteiger partial charge in [0.2, 0.25) is 0 Å². The second-order valence-electron chi connectivity index (χ2n) is 8.36. The van der Waals surface area contributed by atoms with Crippen LogP contribution in [-0.4, -0.2) is 18.9 Å². The van der Waals surface area contributed by atoms with Crippen LogP contribution < -0.4 is 10.1 Å². The normalized spacial score (nSPS) is 16.6. The fourth-order valence-electron chi connectivity index (χ4n) is 4.60. The predicted octanol–water partition coefficient (Wildman–Crippen LogP) is 6.53. The van der Waals surface area contributed by atoms with Crippen molar-refractivity contribution in [3.63, 3.8) is 0 Å². The number of carbonyl (C=O) groups is 2. The van der Waals surface area contributed by atoms with Gasteiger partial charge in [-0.25, -0.2) is 4.79 Å². The molecule has 0 unspecified atom stereocenters. The van der Waals surface area contributed by atoms with Gasteiger partial charge in [0.15, 0.2) is 5.78 Å². The number of hydrogen-bond acceptors (Lipinski definition) is 5. The molecule has 0 fully saturated rings. The van der Waals surface area contributed by atoms with Gasteiger partial charge in [-0.3, -0.25) is 4.79 Å². The second-order valence-corrected chi connectivity index (χ2v) is 10.1. The lowest BCUT2D eigenvalue weighted by Crippen LogP contribution is -2.29. The number of Topliss-reactive ketones (excluding diaryl/α,β-unsaturated/α-hetero) is 1. The Hall–Kier alpha value is -3.16. The van der Waals surface area contributed by atoms with Gasteiger partial charge in [-0.15, -0.1) is 0 Å². The van der Waals surface area contributed by atoms with Gasteiger partial charge in [0, 0.05) is 32.8 Å². The minimum Gasteiger partial charge on any atom is -0.488 e. The van der Waals surface area contributed by atoms with E-state index in [2.05, 4.69) is 37.2 Å². The molecule has 1 aliphatic carbocycles. The Morgan fingerprint density at radius 1 is 1.00 bits per heavy atom. The lowest BCUT2D eigenvalue weighted by molar-refractivity contribution is -0.136. The lowest BCUT2D eigenvalue weighted by atomic mass is 9.80. The number of esters is 1. The van der Waals surface area contributed by atoms with E-state index in [1.807, 2.05) is 73.7 Å². The number of allylic oxidation sites excluding steroid dienone is 2. The van der Waals surface area contributed by atoms with Gasteiger partial charge < -0.3 is 14.8 Å². The molecule has 176 valence electrons. The number of rotatable bonds is 5. The zero-order chi connectivity index (χ0) is 24.7. The molecule has 35 heavy (non-hydrogen) atoms. The number of ether oxygens (including phenoxy) is 2. The topological polar surface area (TPSA) is 64.6 Å². The molecule has 0 amide bonds. The number of ketones is 1. The second kappa shape index (κ2) is 9.47. The average Bonchev–Trinajstić information content (AvgIpc) is 3.14. The summed E-state index contributed by atoms with van der Waals surface area (Å²) in [5.74, 6) is -0.465. The maximum absolute atomic E-state index is 13.5. The highest BCUT2D eigenvalue weighted by Gasteiger charge is 2.42. The van der Waals surface area contributed by atoms with E-state index in [0.29, 0.717) is 34.8 Å². The summed E-state index contributed by atoms with van der Waals surface area (Å²) in [7, 11) is 1.35. The molecular formula is C28H21Br2NO4. The quantitative estimate of drug-likeness (QED) is 0.340. The highest BCUT2D eigenvalue weighted by Crippen LogP contribution is 2.47. The Morgan fingerprint density at radius 2 is 1.71 bits per heavy atom. The SMILES string of the molecule is COC(=O)C1=C(C)NC2=C(C(=O)c3ccccc32)[C@@H]1c1ccc(OCc2ccc(Br)cc2)c(Br)c1. The molecule has 0 saturated carbocycles. The van der Waals surface area contributed by atoms with E-state index < -0.39 is 11.9 Å². The largest absolute Gasteiger partial charge is 0.488 e. The van der Waals surface area contributed by atoms with Crippen LogP contribution in [0, 0.1) is 0 Å². The first-order valence-corrected chi connectivity index (χ1v) is 12.6. The molecule has 1 aliphatic heterocycles. The summed E-state index contributed by atoms with van der Waals surface area (Å²) in [5, 5.41) is 3.30. The molecule has 0 aromatic heterocycles. The van der Waals surface area contributed by atoms with Crippen LogP contribution in [0.3, 0.4) is 0 Å². The van der Waals surface area contributed by atoms with E-state index in [1.54, 1.807) is 0 Å². The zero-order valence-electron chi connectivity index (χ0n) is 19.0. The molecule has 5 rings (SSSR count). The summed E-state index contributed by atoms with van der Waals surface area (Å²) >= 11 is 7.06. The Balaban J connectivity index is 1.53. The Labute approximate surface area is 220 Å². The summed E-state index contributed by atoms with van der Waals surface area (Å²) < 4.78 is 12.9. The minimum atomic E-state index is -0.574. The van der Waals surface area contributed by atoms with Crippen molar-refractivity contribution in [3.8, 4) is 5.75 Å². The molecule has 0 saturated heterocycles. The van der Waals surface area contributed by atoms with Crippen LogP contribution in [-0.2, 0) is 16.1 Å². The van der Waals surface area contributed by atoms with Crippen molar-refractivity contribution in [2.24, 2.45) is 0 Å². The number of methoxy groups -OCH3 is 1. The van der Waals surface area contributed by atoms with Crippen molar-refractivity contribution in [1.82, 2.24) is 5.32 Å². The highest BCUT2D eigenvalue weighted by molar-refractivity contribution is 9.10. The summed E-state index contributed by atoms with van der Waals surface area (Å²) in [4.78, 5) is 26.4. The van der Waals surface area contributed by atoms with Crippen LogP contribution in [0.15, 0.2) is 92.5 Å². The smallest absolute Gasteiger partial charge is 0.336 e. The maximum Gasteiger partial charge on any atom is 0.336 e. The van der Waals surface area contributed by atoms with Crippen LogP contribution in [0.1, 0.15) is 39.9 Å². The first-order valence-electron chi connectivity index (χ1n) is 11.0. The number of fused-ring (bicyclic) bond motifs is 2. The summed E-state index contributed by atoms with van der Waals surface area (Å²) in [6.45, 7) is 2.24. The van der Waals surface area contributed by atoms with Gasteiger partial charge in [-0.2, -0.15) is 0 Å². The maximum atomic E-state index is 13.5. The first-order chi connectivity index (χ1) is 16.9. The average molecular weight is 595 g/mol. The highest BCUT2D eigenvalue weighted by atomic mass is 79.9. The van der Waals surface area contributed by atoms with E-state index >= 15 is 0 Å². The van der Waals surface area contributed by atoms with Crippen LogP contribution in [0.5, 0.6) is 5.75 Å². The molecule has 0 bridgehead atoms. The zero-order valence-corrected chi connectivity index (χ0v) is 22.2. The number of halogens is 2. The van der Waals surface area contributed by atoms with Crippen molar-refractivity contribution >= 4 is 49.3 Å². The van der Waals surface area contributed by atoms with Gasteiger partial charge in [0.1, 0.15) is 12.4 Å². The van der Waals surface area contributed by atoms with E-state index in [4.69, 9.17) is 9.47 Å². The third-order valence-electron chi connectivity index (χ3n) is 6.25. The summed E-state index contributed by atoms with van der Waals surface area (Å²) in [5.41, 5.74) is 5.68. The van der Waals surface area contributed by atoms with Crippen LogP contribution in [0.2, 0.25) is 0 Å². The first kappa shape index (κ1) is 23.6. The van der Waals surface area contributed by atoms with Crippen molar-refractivity contribution in [3.05, 3.63) is 115 Å². The molecule has 7 heteroatoms. The Kier molecular flexibility index (Phi) is 6.38. The summed E-state index contributed by atoms with van der Waals surface area (Å²) in [6.07, 6.45) is 0. The van der Waals surface area contributed by atoms with Crippen molar-refractivity contribution in [1.29, 1.82) is 0 Å². The van der Waals surface area contributed by atoms with Crippen LogP contribution in [0.25, 0.3) is 5.70 Å². The fourth-order valence-corrected chi connectivity index (χ4v) is 5.37. The fraction of sp³-hybridized carbons (Fsp3) is 0.143. The number of carbonyl (C=O) groups excluding carboxylic acids is 2. The van der Waals surface area contributed by atoms with Crippen LogP contribution in [0.4, 0.5) is 0 Å². The molecule has 3 aromatic rings. The third-order valence-corrected chi connectivity index (χ3v) is 7.40. The van der Waals surface area contributed by atoms with E-state index in [0.717, 1.165) is 31.3 Å². The van der Waals surface area contributed by atoms with E-state index in [9.17, 15) is 9.59 Å². The van der Waals surface area contributed by atoms with Crippen LogP contribution >= 0.6 is 31.9 Å². The third kappa shape index (κ3) is 4.23. The van der Waals surface area contributed by atoms with Crippen molar-refractivity contribution in [2.75, 3.05) is 7.11 Å². The Morgan fingerprint density at radius 3 is 2.40 bits per heavy atom. The summed E-state index contributed by atoms with van der Waals surface area (Å²) in [6, 6.07) is 21.1. The number of dihydropyridines is 1. The van der Waals surface area contributed by atoms with Crippen molar-refractivity contribution < 1.29 is 19.1 Å². The standard InChI is InChI=1S/C28H21Br2NO4/c1-15-23(28(33)34-2)24(25-26(31-15)19-5-3-4-6-20(19)27(25)32)17-9-12-22(21(30)13-17)35-14-16-7-10-18(29)11-8-16/h3-13,24,31H,14H2,1-2H3/t24-/m1/s1. The van der Waals surface area contributed by atoms with Gasteiger partial charge in [-0.1, -0.05) is 58.4 Å². The molecule has 1 heterocycles. The number of nitrogens with one attached hydrogen (secondary N) is 1. The molecule has 0 radical (unpaired) electrons. The minimum absolute atomic E-state index is 0.0892.